The highest BCUT2D eigenvalue weighted by Gasteiger charge is 1.98. The number of ether oxygens (including phenoxy) is 1. The molecule has 0 unspecified atom stereocenters. The van der Waals surface area contributed by atoms with E-state index in [9.17, 15) is 0 Å². The minimum Gasteiger partial charge on any atom is -0.494 e. The van der Waals surface area contributed by atoms with Gasteiger partial charge in [-0.1, -0.05) is 54.8 Å². The van der Waals surface area contributed by atoms with Crippen molar-refractivity contribution in [3.63, 3.8) is 0 Å². The number of rotatable bonds is 5. The standard InChI is InChI=1S/C18H17Cl2NO/c1-2-3-4-11-22-16-9-7-14(8-10-16)5-6-15-12-17(19)18(20)21-13-15/h7-10,12-13H,2-4,11H2,1H3. The summed E-state index contributed by atoms with van der Waals surface area (Å²) < 4.78 is 5.66. The number of aromatic nitrogens is 1. The van der Waals surface area contributed by atoms with Crippen LogP contribution in [0.4, 0.5) is 0 Å². The molecule has 0 aliphatic carbocycles. The summed E-state index contributed by atoms with van der Waals surface area (Å²) in [4.78, 5) is 3.96. The van der Waals surface area contributed by atoms with Gasteiger partial charge in [0.1, 0.15) is 10.9 Å². The van der Waals surface area contributed by atoms with Gasteiger partial charge in [-0.25, -0.2) is 4.98 Å². The maximum Gasteiger partial charge on any atom is 0.147 e. The van der Waals surface area contributed by atoms with Crippen LogP contribution >= 0.6 is 23.2 Å². The van der Waals surface area contributed by atoms with Gasteiger partial charge in [-0.3, -0.25) is 0 Å². The zero-order valence-electron chi connectivity index (χ0n) is 12.4. The van der Waals surface area contributed by atoms with Crippen molar-refractivity contribution >= 4 is 23.2 Å². The summed E-state index contributed by atoms with van der Waals surface area (Å²) in [6.45, 7) is 2.94. The van der Waals surface area contributed by atoms with Gasteiger partial charge in [0.2, 0.25) is 0 Å². The molecule has 0 saturated heterocycles. The molecule has 0 aliphatic rings. The molecule has 0 radical (unpaired) electrons. The van der Waals surface area contributed by atoms with Gasteiger partial charge < -0.3 is 4.74 Å². The SMILES string of the molecule is CCCCCOc1ccc(C#Cc2cnc(Cl)c(Cl)c2)cc1. The molecule has 0 bridgehead atoms. The lowest BCUT2D eigenvalue weighted by Gasteiger charge is -2.05. The fourth-order valence-electron chi connectivity index (χ4n) is 1.81. The summed E-state index contributed by atoms with van der Waals surface area (Å²) in [5.74, 6) is 6.95. The Morgan fingerprint density at radius 2 is 1.77 bits per heavy atom. The highest BCUT2D eigenvalue weighted by atomic mass is 35.5. The van der Waals surface area contributed by atoms with Crippen molar-refractivity contribution < 1.29 is 4.74 Å². The number of hydrogen-bond donors (Lipinski definition) is 0. The van der Waals surface area contributed by atoms with Crippen molar-refractivity contribution in [3.05, 3.63) is 57.8 Å². The summed E-state index contributed by atoms with van der Waals surface area (Å²) in [6.07, 6.45) is 5.08. The fourth-order valence-corrected chi connectivity index (χ4v) is 2.08. The monoisotopic (exact) mass is 333 g/mol. The minimum absolute atomic E-state index is 0.289. The topological polar surface area (TPSA) is 22.1 Å². The van der Waals surface area contributed by atoms with Crippen LogP contribution in [0.5, 0.6) is 5.75 Å². The maximum absolute atomic E-state index is 5.91. The molecule has 1 aromatic carbocycles. The Morgan fingerprint density at radius 3 is 2.45 bits per heavy atom. The lowest BCUT2D eigenvalue weighted by molar-refractivity contribution is 0.306. The fraction of sp³-hybridized carbons (Fsp3) is 0.278. The Hall–Kier alpha value is -1.69. The van der Waals surface area contributed by atoms with E-state index in [1.807, 2.05) is 24.3 Å². The largest absolute Gasteiger partial charge is 0.494 e. The molecule has 0 N–H and O–H groups in total. The number of halogens is 2. The zero-order valence-corrected chi connectivity index (χ0v) is 13.9. The zero-order chi connectivity index (χ0) is 15.8. The maximum atomic E-state index is 5.91. The first-order chi connectivity index (χ1) is 10.7. The molecule has 1 heterocycles. The lowest BCUT2D eigenvalue weighted by atomic mass is 10.2. The Balaban J connectivity index is 1.96. The number of unbranched alkanes of at least 4 members (excludes halogenated alkanes) is 2. The van der Waals surface area contributed by atoms with Gasteiger partial charge >= 0.3 is 0 Å². The van der Waals surface area contributed by atoms with E-state index in [1.54, 1.807) is 12.3 Å². The molecule has 2 nitrogen and oxygen atoms in total. The van der Waals surface area contributed by atoms with E-state index in [1.165, 1.54) is 12.8 Å². The molecule has 2 aromatic rings. The van der Waals surface area contributed by atoms with Gasteiger partial charge in [-0.2, -0.15) is 0 Å². The van der Waals surface area contributed by atoms with Gasteiger partial charge in [0.25, 0.3) is 0 Å². The molecule has 4 heteroatoms. The van der Waals surface area contributed by atoms with E-state index in [4.69, 9.17) is 27.9 Å². The molecule has 22 heavy (non-hydrogen) atoms. The summed E-state index contributed by atoms with van der Waals surface area (Å²) in [5, 5.41) is 0.695. The van der Waals surface area contributed by atoms with Crippen LogP contribution in [0, 0.1) is 11.8 Å². The first-order valence-electron chi connectivity index (χ1n) is 7.25. The number of hydrogen-bond acceptors (Lipinski definition) is 2. The first-order valence-corrected chi connectivity index (χ1v) is 8.00. The van der Waals surface area contributed by atoms with Crippen LogP contribution in [0.2, 0.25) is 10.2 Å². The Kier molecular flexibility index (Phi) is 6.58. The predicted octanol–water partition coefficient (Wildman–Crippen LogP) is 5.36. The number of benzene rings is 1. The van der Waals surface area contributed by atoms with Crippen LogP contribution in [0.25, 0.3) is 0 Å². The first kappa shape index (κ1) is 16.7. The molecule has 2 rings (SSSR count). The second-order valence-electron chi connectivity index (χ2n) is 4.83. The second kappa shape index (κ2) is 8.68. The minimum atomic E-state index is 0.289. The summed E-state index contributed by atoms with van der Waals surface area (Å²) >= 11 is 11.7. The molecule has 0 aliphatic heterocycles. The number of pyridine rings is 1. The van der Waals surface area contributed by atoms with Crippen LogP contribution in [0.1, 0.15) is 37.3 Å². The van der Waals surface area contributed by atoms with Crippen LogP contribution in [-0.4, -0.2) is 11.6 Å². The third-order valence-electron chi connectivity index (χ3n) is 3.02. The van der Waals surface area contributed by atoms with E-state index >= 15 is 0 Å². The number of nitrogens with zero attached hydrogens (tertiary/aromatic N) is 1. The van der Waals surface area contributed by atoms with E-state index in [0.717, 1.165) is 29.9 Å². The van der Waals surface area contributed by atoms with Crippen LogP contribution in [-0.2, 0) is 0 Å². The van der Waals surface area contributed by atoms with Gasteiger partial charge in [-0.15, -0.1) is 0 Å². The molecule has 0 spiro atoms. The summed E-state index contributed by atoms with van der Waals surface area (Å²) in [5.41, 5.74) is 1.64. The third kappa shape index (κ3) is 5.26. The molecular formula is C18H17Cl2NO. The molecule has 0 fully saturated rings. The van der Waals surface area contributed by atoms with Crippen LogP contribution < -0.4 is 4.74 Å². The van der Waals surface area contributed by atoms with Gasteiger partial charge in [0.15, 0.2) is 0 Å². The van der Waals surface area contributed by atoms with E-state index in [-0.39, 0.29) is 5.15 Å². The van der Waals surface area contributed by atoms with E-state index < -0.39 is 0 Å². The van der Waals surface area contributed by atoms with Crippen molar-refractivity contribution in [2.24, 2.45) is 0 Å². The van der Waals surface area contributed by atoms with Crippen molar-refractivity contribution in [1.82, 2.24) is 4.98 Å². The smallest absolute Gasteiger partial charge is 0.147 e. The van der Waals surface area contributed by atoms with Gasteiger partial charge in [-0.05, 0) is 36.8 Å². The molecule has 0 atom stereocenters. The van der Waals surface area contributed by atoms with Gasteiger partial charge in [0.05, 0.1) is 11.6 Å². The van der Waals surface area contributed by atoms with Crippen LogP contribution in [0.15, 0.2) is 36.5 Å². The highest BCUT2D eigenvalue weighted by molar-refractivity contribution is 6.41. The van der Waals surface area contributed by atoms with Crippen LogP contribution in [0.3, 0.4) is 0 Å². The predicted molar refractivity (Wildman–Crippen MR) is 91.7 cm³/mol. The van der Waals surface area contributed by atoms with Crippen molar-refractivity contribution in [2.45, 2.75) is 26.2 Å². The van der Waals surface area contributed by atoms with Crippen molar-refractivity contribution in [3.8, 4) is 17.6 Å². The second-order valence-corrected chi connectivity index (χ2v) is 5.59. The highest BCUT2D eigenvalue weighted by Crippen LogP contribution is 2.19. The van der Waals surface area contributed by atoms with E-state index in [0.29, 0.717) is 5.02 Å². The average Bonchev–Trinajstić information content (AvgIpc) is 2.54. The molecule has 1 aromatic heterocycles. The van der Waals surface area contributed by atoms with Crippen molar-refractivity contribution in [1.29, 1.82) is 0 Å². The van der Waals surface area contributed by atoms with E-state index in [2.05, 4.69) is 23.7 Å². The Labute approximate surface area is 141 Å². The summed E-state index contributed by atoms with van der Waals surface area (Å²) in [7, 11) is 0. The normalized spacial score (nSPS) is 9.95. The molecule has 114 valence electrons. The molecule has 0 saturated carbocycles. The Bertz CT molecular complexity index is 672. The third-order valence-corrected chi connectivity index (χ3v) is 3.70. The summed E-state index contributed by atoms with van der Waals surface area (Å²) in [6, 6.07) is 9.45. The van der Waals surface area contributed by atoms with Crippen molar-refractivity contribution in [2.75, 3.05) is 6.61 Å². The molecular weight excluding hydrogens is 317 g/mol. The molecule has 0 amide bonds. The average molecular weight is 334 g/mol. The Morgan fingerprint density at radius 1 is 1.05 bits per heavy atom. The quantitative estimate of drug-likeness (QED) is 0.417. The lowest BCUT2D eigenvalue weighted by Crippen LogP contribution is -1.96. The van der Waals surface area contributed by atoms with Gasteiger partial charge in [0, 0.05) is 17.3 Å².